The lowest BCUT2D eigenvalue weighted by Gasteiger charge is -2.02. The highest BCUT2D eigenvalue weighted by Gasteiger charge is 2.01. The van der Waals surface area contributed by atoms with Crippen molar-refractivity contribution in [3.05, 3.63) is 46.5 Å². The maximum Gasteiger partial charge on any atom is 0.183 e. The van der Waals surface area contributed by atoms with Crippen LogP contribution in [0, 0.1) is 13.8 Å². The van der Waals surface area contributed by atoms with E-state index in [0.717, 1.165) is 30.2 Å². The molecular formula is C14H18N2S. The van der Waals surface area contributed by atoms with Crippen molar-refractivity contribution in [3.8, 4) is 0 Å². The predicted molar refractivity (Wildman–Crippen MR) is 74.8 cm³/mol. The zero-order valence-electron chi connectivity index (χ0n) is 10.4. The van der Waals surface area contributed by atoms with Crippen LogP contribution in [0.3, 0.4) is 0 Å². The molecule has 3 heteroatoms. The molecule has 90 valence electrons. The SMILES string of the molecule is Cc1nc(NCCCc2ccccc2)sc1C. The van der Waals surface area contributed by atoms with Crippen molar-refractivity contribution in [2.75, 3.05) is 11.9 Å². The minimum absolute atomic E-state index is 0.987. The summed E-state index contributed by atoms with van der Waals surface area (Å²) in [7, 11) is 0. The molecule has 0 fully saturated rings. The normalized spacial score (nSPS) is 10.5. The van der Waals surface area contributed by atoms with Gasteiger partial charge in [-0.05, 0) is 32.3 Å². The molecule has 0 spiro atoms. The number of rotatable bonds is 5. The summed E-state index contributed by atoms with van der Waals surface area (Å²) >= 11 is 1.74. The standard InChI is InChI=1S/C14H18N2S/c1-11-12(2)17-14(16-11)15-10-6-9-13-7-4-3-5-8-13/h3-5,7-8H,6,9-10H2,1-2H3,(H,15,16). The molecule has 2 nitrogen and oxygen atoms in total. The second-order valence-electron chi connectivity index (χ2n) is 4.18. The molecule has 0 unspecified atom stereocenters. The van der Waals surface area contributed by atoms with Crippen LogP contribution in [0.25, 0.3) is 0 Å². The largest absolute Gasteiger partial charge is 0.361 e. The minimum Gasteiger partial charge on any atom is -0.361 e. The Balaban J connectivity index is 1.73. The average molecular weight is 246 g/mol. The molecule has 2 rings (SSSR count). The number of thiazole rings is 1. The first-order chi connectivity index (χ1) is 8.25. The number of aromatic nitrogens is 1. The van der Waals surface area contributed by atoms with Gasteiger partial charge in [0, 0.05) is 11.4 Å². The summed E-state index contributed by atoms with van der Waals surface area (Å²) in [6.07, 6.45) is 2.26. The first-order valence-electron chi connectivity index (χ1n) is 5.97. The van der Waals surface area contributed by atoms with Crippen molar-refractivity contribution in [2.24, 2.45) is 0 Å². The molecule has 1 N–H and O–H groups in total. The summed E-state index contributed by atoms with van der Waals surface area (Å²) in [5, 5.41) is 4.43. The van der Waals surface area contributed by atoms with Gasteiger partial charge in [-0.2, -0.15) is 0 Å². The smallest absolute Gasteiger partial charge is 0.183 e. The van der Waals surface area contributed by atoms with Crippen molar-refractivity contribution >= 4 is 16.5 Å². The van der Waals surface area contributed by atoms with E-state index >= 15 is 0 Å². The van der Waals surface area contributed by atoms with E-state index in [2.05, 4.69) is 54.5 Å². The number of nitrogens with one attached hydrogen (secondary N) is 1. The summed E-state index contributed by atoms with van der Waals surface area (Å²) in [6.45, 7) is 5.16. The average Bonchev–Trinajstić information content (AvgIpc) is 2.66. The van der Waals surface area contributed by atoms with Crippen LogP contribution in [0.2, 0.25) is 0 Å². The fourth-order valence-electron chi connectivity index (χ4n) is 1.68. The number of hydrogen-bond acceptors (Lipinski definition) is 3. The molecule has 0 aliphatic carbocycles. The second kappa shape index (κ2) is 5.82. The Labute approximate surface area is 107 Å². The fraction of sp³-hybridized carbons (Fsp3) is 0.357. The van der Waals surface area contributed by atoms with Gasteiger partial charge < -0.3 is 5.32 Å². The van der Waals surface area contributed by atoms with Gasteiger partial charge in [-0.15, -0.1) is 11.3 Å². The molecule has 0 atom stereocenters. The number of benzene rings is 1. The third kappa shape index (κ3) is 3.56. The van der Waals surface area contributed by atoms with E-state index in [0.29, 0.717) is 0 Å². The summed E-state index contributed by atoms with van der Waals surface area (Å²) in [6, 6.07) is 10.6. The van der Waals surface area contributed by atoms with Crippen molar-refractivity contribution in [3.63, 3.8) is 0 Å². The lowest BCUT2D eigenvalue weighted by Crippen LogP contribution is -2.02. The first kappa shape index (κ1) is 12.1. The van der Waals surface area contributed by atoms with Crippen molar-refractivity contribution in [1.82, 2.24) is 4.98 Å². The maximum atomic E-state index is 4.46. The molecule has 0 amide bonds. The lowest BCUT2D eigenvalue weighted by atomic mass is 10.1. The van der Waals surface area contributed by atoms with Crippen LogP contribution < -0.4 is 5.32 Å². The van der Waals surface area contributed by atoms with Gasteiger partial charge in [-0.25, -0.2) is 4.98 Å². The molecule has 0 saturated heterocycles. The highest BCUT2D eigenvalue weighted by molar-refractivity contribution is 7.15. The molecule has 1 aromatic carbocycles. The topological polar surface area (TPSA) is 24.9 Å². The van der Waals surface area contributed by atoms with E-state index in [1.54, 1.807) is 11.3 Å². The lowest BCUT2D eigenvalue weighted by molar-refractivity contribution is 0.861. The van der Waals surface area contributed by atoms with E-state index in [1.165, 1.54) is 10.4 Å². The van der Waals surface area contributed by atoms with Crippen LogP contribution >= 0.6 is 11.3 Å². The van der Waals surface area contributed by atoms with Gasteiger partial charge in [-0.1, -0.05) is 30.3 Å². The Morgan fingerprint density at radius 3 is 2.59 bits per heavy atom. The molecule has 0 bridgehead atoms. The molecule has 0 aliphatic rings. The molecule has 1 aromatic heterocycles. The van der Waals surface area contributed by atoms with E-state index in [-0.39, 0.29) is 0 Å². The van der Waals surface area contributed by atoms with Crippen molar-refractivity contribution in [1.29, 1.82) is 0 Å². The van der Waals surface area contributed by atoms with E-state index in [9.17, 15) is 0 Å². The zero-order chi connectivity index (χ0) is 12.1. The monoisotopic (exact) mass is 246 g/mol. The Bertz CT molecular complexity index is 443. The first-order valence-corrected chi connectivity index (χ1v) is 6.79. The van der Waals surface area contributed by atoms with E-state index in [1.807, 2.05) is 0 Å². The molecule has 1 heterocycles. The van der Waals surface area contributed by atoms with Gasteiger partial charge in [-0.3, -0.25) is 0 Å². The van der Waals surface area contributed by atoms with Crippen LogP contribution in [0.4, 0.5) is 5.13 Å². The van der Waals surface area contributed by atoms with Gasteiger partial charge in [0.1, 0.15) is 0 Å². The van der Waals surface area contributed by atoms with Gasteiger partial charge in [0.15, 0.2) is 5.13 Å². The number of hydrogen-bond donors (Lipinski definition) is 1. The molecule has 17 heavy (non-hydrogen) atoms. The van der Waals surface area contributed by atoms with Crippen LogP contribution in [-0.4, -0.2) is 11.5 Å². The fourth-order valence-corrected chi connectivity index (χ4v) is 2.52. The van der Waals surface area contributed by atoms with Crippen LogP contribution in [0.1, 0.15) is 22.6 Å². The number of aryl methyl sites for hydroxylation is 3. The van der Waals surface area contributed by atoms with Crippen LogP contribution in [-0.2, 0) is 6.42 Å². The van der Waals surface area contributed by atoms with Crippen molar-refractivity contribution in [2.45, 2.75) is 26.7 Å². The third-order valence-electron chi connectivity index (χ3n) is 2.79. The van der Waals surface area contributed by atoms with Crippen LogP contribution in [0.15, 0.2) is 30.3 Å². The third-order valence-corrected chi connectivity index (χ3v) is 3.82. The summed E-state index contributed by atoms with van der Waals surface area (Å²) in [5.74, 6) is 0. The molecule has 2 aromatic rings. The predicted octanol–water partition coefficient (Wildman–Crippen LogP) is 3.80. The zero-order valence-corrected chi connectivity index (χ0v) is 11.2. The molecule has 0 saturated carbocycles. The molecule has 0 radical (unpaired) electrons. The van der Waals surface area contributed by atoms with Gasteiger partial charge >= 0.3 is 0 Å². The second-order valence-corrected chi connectivity index (χ2v) is 5.38. The number of nitrogens with zero attached hydrogens (tertiary/aromatic N) is 1. The Kier molecular flexibility index (Phi) is 4.15. The number of anilines is 1. The van der Waals surface area contributed by atoms with Gasteiger partial charge in [0.2, 0.25) is 0 Å². The van der Waals surface area contributed by atoms with E-state index < -0.39 is 0 Å². The Hall–Kier alpha value is -1.35. The summed E-state index contributed by atoms with van der Waals surface area (Å²) in [5.41, 5.74) is 2.54. The molecular weight excluding hydrogens is 228 g/mol. The highest BCUT2D eigenvalue weighted by Crippen LogP contribution is 2.20. The highest BCUT2D eigenvalue weighted by atomic mass is 32.1. The Morgan fingerprint density at radius 2 is 1.94 bits per heavy atom. The summed E-state index contributed by atoms with van der Waals surface area (Å²) < 4.78 is 0. The van der Waals surface area contributed by atoms with E-state index in [4.69, 9.17) is 0 Å². The van der Waals surface area contributed by atoms with Gasteiger partial charge in [0.25, 0.3) is 0 Å². The molecule has 0 aliphatic heterocycles. The van der Waals surface area contributed by atoms with Crippen LogP contribution in [0.5, 0.6) is 0 Å². The Morgan fingerprint density at radius 1 is 1.18 bits per heavy atom. The minimum atomic E-state index is 0.987. The van der Waals surface area contributed by atoms with Crippen molar-refractivity contribution < 1.29 is 0 Å². The quantitative estimate of drug-likeness (QED) is 0.812. The van der Waals surface area contributed by atoms with Gasteiger partial charge in [0.05, 0.1) is 5.69 Å². The summed E-state index contributed by atoms with van der Waals surface area (Å²) in [4.78, 5) is 5.76. The maximum absolute atomic E-state index is 4.46.